The highest BCUT2D eigenvalue weighted by Crippen LogP contribution is 2.29. The summed E-state index contributed by atoms with van der Waals surface area (Å²) in [5.74, 6) is 1.62. The monoisotopic (exact) mass is 266 g/mol. The predicted octanol–water partition coefficient (Wildman–Crippen LogP) is 2.39. The average Bonchev–Trinajstić information content (AvgIpc) is 2.41. The van der Waals surface area contributed by atoms with Crippen molar-refractivity contribution in [3.05, 3.63) is 24.3 Å². The Bertz CT molecular complexity index is 376. The summed E-state index contributed by atoms with van der Waals surface area (Å²) in [4.78, 5) is 0. The molecule has 0 spiro atoms. The molecular weight excluding hydrogens is 244 g/mol. The van der Waals surface area contributed by atoms with Crippen LogP contribution in [-0.4, -0.2) is 36.6 Å². The number of ether oxygens (including phenoxy) is 3. The molecule has 106 valence electrons. The van der Waals surface area contributed by atoms with E-state index in [0.717, 1.165) is 17.9 Å². The molecule has 0 bridgehead atoms. The molecule has 4 heteroatoms. The van der Waals surface area contributed by atoms with E-state index in [1.54, 1.807) is 0 Å². The first-order valence-corrected chi connectivity index (χ1v) is 6.93. The molecule has 0 aromatic heterocycles. The van der Waals surface area contributed by atoms with Crippen molar-refractivity contribution in [3.8, 4) is 11.5 Å². The third kappa shape index (κ3) is 3.61. The van der Waals surface area contributed by atoms with Gasteiger partial charge in [-0.15, -0.1) is 0 Å². The van der Waals surface area contributed by atoms with Crippen molar-refractivity contribution in [2.45, 2.75) is 45.0 Å². The van der Waals surface area contributed by atoms with Gasteiger partial charge < -0.3 is 19.3 Å². The molecule has 0 heterocycles. The average molecular weight is 266 g/mol. The summed E-state index contributed by atoms with van der Waals surface area (Å²) < 4.78 is 16.8. The van der Waals surface area contributed by atoms with Crippen molar-refractivity contribution in [2.24, 2.45) is 0 Å². The van der Waals surface area contributed by atoms with Crippen LogP contribution in [0.15, 0.2) is 24.3 Å². The highest BCUT2D eigenvalue weighted by Gasteiger charge is 2.42. The molecule has 0 aliphatic heterocycles. The van der Waals surface area contributed by atoms with Gasteiger partial charge >= 0.3 is 0 Å². The van der Waals surface area contributed by atoms with Gasteiger partial charge in [-0.3, -0.25) is 0 Å². The van der Waals surface area contributed by atoms with E-state index in [1.165, 1.54) is 0 Å². The molecule has 1 aliphatic rings. The van der Waals surface area contributed by atoms with Crippen LogP contribution in [0, 0.1) is 0 Å². The molecule has 2 rings (SSSR count). The van der Waals surface area contributed by atoms with E-state index in [4.69, 9.17) is 14.2 Å². The van der Waals surface area contributed by atoms with Gasteiger partial charge in [0.2, 0.25) is 0 Å². The Labute approximate surface area is 114 Å². The molecule has 1 fully saturated rings. The maximum absolute atomic E-state index is 9.67. The molecule has 19 heavy (non-hydrogen) atoms. The zero-order valence-electron chi connectivity index (χ0n) is 11.5. The van der Waals surface area contributed by atoms with Crippen LogP contribution in [0.2, 0.25) is 0 Å². The third-order valence-corrected chi connectivity index (χ3v) is 3.16. The fraction of sp³-hybridized carbons (Fsp3) is 0.600. The van der Waals surface area contributed by atoms with E-state index in [9.17, 15) is 5.11 Å². The lowest BCUT2D eigenvalue weighted by molar-refractivity contribution is -0.162. The summed E-state index contributed by atoms with van der Waals surface area (Å²) in [5.41, 5.74) is 0. The molecule has 4 nitrogen and oxygen atoms in total. The van der Waals surface area contributed by atoms with Crippen LogP contribution in [0.4, 0.5) is 0 Å². The fourth-order valence-electron chi connectivity index (χ4n) is 2.10. The summed E-state index contributed by atoms with van der Waals surface area (Å²) in [7, 11) is 0. The molecule has 0 saturated heterocycles. The van der Waals surface area contributed by atoms with Crippen LogP contribution in [0.1, 0.15) is 26.7 Å². The normalized spacial score (nSPS) is 25.7. The van der Waals surface area contributed by atoms with E-state index in [2.05, 4.69) is 0 Å². The first-order chi connectivity index (χ1) is 9.24. The lowest BCUT2D eigenvalue weighted by Gasteiger charge is -2.40. The molecule has 1 N–H and O–H groups in total. The standard InChI is InChI=1S/C15H22O4/c1-3-9-18-15-13(16)10-14(15)19-12-7-5-11(6-8-12)17-4-2/h5-8,13-16H,3-4,9-10H2,1-2H3. The van der Waals surface area contributed by atoms with Gasteiger partial charge in [-0.2, -0.15) is 0 Å². The first-order valence-electron chi connectivity index (χ1n) is 6.93. The van der Waals surface area contributed by atoms with Gasteiger partial charge in [0, 0.05) is 13.0 Å². The van der Waals surface area contributed by atoms with Gasteiger partial charge in [0.05, 0.1) is 12.7 Å². The van der Waals surface area contributed by atoms with Crippen molar-refractivity contribution in [1.82, 2.24) is 0 Å². The minimum atomic E-state index is -0.403. The Morgan fingerprint density at radius 3 is 2.42 bits per heavy atom. The number of hydrogen-bond acceptors (Lipinski definition) is 4. The van der Waals surface area contributed by atoms with E-state index >= 15 is 0 Å². The maximum Gasteiger partial charge on any atom is 0.130 e. The SMILES string of the molecule is CCCOC1C(O)CC1Oc1ccc(OCC)cc1. The van der Waals surface area contributed by atoms with Gasteiger partial charge in [-0.25, -0.2) is 0 Å². The molecular formula is C15H22O4. The molecule has 1 saturated carbocycles. The minimum absolute atomic E-state index is 0.0560. The second kappa shape index (κ2) is 6.78. The number of rotatable bonds is 7. The lowest BCUT2D eigenvalue weighted by Crippen LogP contribution is -2.55. The van der Waals surface area contributed by atoms with Crippen LogP contribution in [0.3, 0.4) is 0 Å². The molecule has 3 unspecified atom stereocenters. The molecule has 0 amide bonds. The zero-order valence-corrected chi connectivity index (χ0v) is 11.5. The number of benzene rings is 1. The summed E-state index contributed by atoms with van der Waals surface area (Å²) in [5, 5.41) is 9.67. The number of hydrogen-bond donors (Lipinski definition) is 1. The summed E-state index contributed by atoms with van der Waals surface area (Å²) >= 11 is 0. The van der Waals surface area contributed by atoms with Crippen LogP contribution in [0.5, 0.6) is 11.5 Å². The van der Waals surface area contributed by atoms with Crippen molar-refractivity contribution >= 4 is 0 Å². The Morgan fingerprint density at radius 2 is 1.84 bits per heavy atom. The Hall–Kier alpha value is -1.26. The fourth-order valence-corrected chi connectivity index (χ4v) is 2.10. The summed E-state index contributed by atoms with van der Waals surface area (Å²) in [6.45, 7) is 5.32. The van der Waals surface area contributed by atoms with E-state index < -0.39 is 6.10 Å². The van der Waals surface area contributed by atoms with Gasteiger partial charge in [-0.05, 0) is 37.6 Å². The van der Waals surface area contributed by atoms with Crippen LogP contribution >= 0.6 is 0 Å². The molecule has 1 aromatic carbocycles. The van der Waals surface area contributed by atoms with Crippen LogP contribution < -0.4 is 9.47 Å². The number of aliphatic hydroxyl groups excluding tert-OH is 1. The van der Waals surface area contributed by atoms with Gasteiger partial charge in [-0.1, -0.05) is 6.92 Å². The first kappa shape index (κ1) is 14.2. The highest BCUT2D eigenvalue weighted by atomic mass is 16.6. The Morgan fingerprint density at radius 1 is 1.16 bits per heavy atom. The molecule has 1 aromatic rings. The summed E-state index contributed by atoms with van der Waals surface area (Å²) in [6, 6.07) is 7.53. The predicted molar refractivity (Wildman–Crippen MR) is 72.7 cm³/mol. The quantitative estimate of drug-likeness (QED) is 0.823. The smallest absolute Gasteiger partial charge is 0.130 e. The number of aliphatic hydroxyl groups is 1. The Balaban J connectivity index is 1.86. The molecule has 1 aliphatic carbocycles. The van der Waals surface area contributed by atoms with E-state index in [-0.39, 0.29) is 12.2 Å². The lowest BCUT2D eigenvalue weighted by atomic mass is 9.88. The zero-order chi connectivity index (χ0) is 13.7. The maximum atomic E-state index is 9.67. The van der Waals surface area contributed by atoms with E-state index in [0.29, 0.717) is 19.6 Å². The molecule has 3 atom stereocenters. The second-order valence-electron chi connectivity index (χ2n) is 4.70. The highest BCUT2D eigenvalue weighted by molar-refractivity contribution is 5.31. The largest absolute Gasteiger partial charge is 0.494 e. The topological polar surface area (TPSA) is 47.9 Å². The third-order valence-electron chi connectivity index (χ3n) is 3.16. The minimum Gasteiger partial charge on any atom is -0.494 e. The Kier molecular flexibility index (Phi) is 5.05. The summed E-state index contributed by atoms with van der Waals surface area (Å²) in [6.07, 6.45) is 0.908. The van der Waals surface area contributed by atoms with Crippen molar-refractivity contribution < 1.29 is 19.3 Å². The van der Waals surface area contributed by atoms with E-state index in [1.807, 2.05) is 38.1 Å². The van der Waals surface area contributed by atoms with Crippen molar-refractivity contribution in [1.29, 1.82) is 0 Å². The second-order valence-corrected chi connectivity index (χ2v) is 4.70. The van der Waals surface area contributed by atoms with Crippen molar-refractivity contribution in [2.75, 3.05) is 13.2 Å². The van der Waals surface area contributed by atoms with Gasteiger partial charge in [0.15, 0.2) is 0 Å². The van der Waals surface area contributed by atoms with Gasteiger partial charge in [0.25, 0.3) is 0 Å². The van der Waals surface area contributed by atoms with Crippen molar-refractivity contribution in [3.63, 3.8) is 0 Å². The van der Waals surface area contributed by atoms with Crippen LogP contribution in [0.25, 0.3) is 0 Å². The van der Waals surface area contributed by atoms with Crippen LogP contribution in [-0.2, 0) is 4.74 Å². The molecule has 0 radical (unpaired) electrons. The van der Waals surface area contributed by atoms with Gasteiger partial charge in [0.1, 0.15) is 23.7 Å².